The molecule has 4 nitrogen and oxygen atoms in total. The number of amides is 1. The molecule has 0 unspecified atom stereocenters. The van der Waals surface area contributed by atoms with Gasteiger partial charge in [0, 0.05) is 23.7 Å². The van der Waals surface area contributed by atoms with Gasteiger partial charge in [-0.3, -0.25) is 9.78 Å². The Kier molecular flexibility index (Phi) is 4.34. The largest absolute Gasteiger partial charge is 0.493 e. The van der Waals surface area contributed by atoms with Gasteiger partial charge in [-0.05, 0) is 60.7 Å². The summed E-state index contributed by atoms with van der Waals surface area (Å²) in [5, 5.41) is 3.93. The van der Waals surface area contributed by atoms with Gasteiger partial charge in [-0.25, -0.2) is 0 Å². The van der Waals surface area contributed by atoms with Crippen LogP contribution in [0.25, 0.3) is 10.9 Å². The molecule has 0 radical (unpaired) electrons. The van der Waals surface area contributed by atoms with Crippen molar-refractivity contribution in [2.75, 3.05) is 6.61 Å². The first-order valence-electron chi connectivity index (χ1n) is 8.63. The van der Waals surface area contributed by atoms with Gasteiger partial charge in [0.2, 0.25) is 0 Å². The predicted molar refractivity (Wildman–Crippen MR) is 97.6 cm³/mol. The fourth-order valence-corrected chi connectivity index (χ4v) is 2.75. The monoisotopic (exact) mass is 332 g/mol. The van der Waals surface area contributed by atoms with Crippen molar-refractivity contribution < 1.29 is 9.53 Å². The van der Waals surface area contributed by atoms with E-state index < -0.39 is 0 Å². The molecule has 4 rings (SSSR count). The molecule has 0 saturated heterocycles. The molecule has 0 spiro atoms. The van der Waals surface area contributed by atoms with Crippen LogP contribution in [0.4, 0.5) is 0 Å². The highest BCUT2D eigenvalue weighted by Gasteiger charge is 2.21. The summed E-state index contributed by atoms with van der Waals surface area (Å²) >= 11 is 0. The van der Waals surface area contributed by atoms with Crippen LogP contribution in [0.15, 0.2) is 60.8 Å². The average molecular weight is 332 g/mol. The van der Waals surface area contributed by atoms with E-state index in [1.54, 1.807) is 12.3 Å². The summed E-state index contributed by atoms with van der Waals surface area (Å²) in [6, 6.07) is 17.3. The molecule has 1 fully saturated rings. The van der Waals surface area contributed by atoms with E-state index >= 15 is 0 Å². The number of aromatic nitrogens is 1. The Hall–Kier alpha value is -2.88. The highest BCUT2D eigenvalue weighted by molar-refractivity contribution is 5.97. The van der Waals surface area contributed by atoms with Gasteiger partial charge in [0.25, 0.3) is 5.91 Å². The molecule has 1 aliphatic carbocycles. The number of pyridine rings is 1. The second-order valence-corrected chi connectivity index (χ2v) is 6.50. The molecule has 2 aromatic carbocycles. The molecule has 1 amide bonds. The molecule has 0 atom stereocenters. The Morgan fingerprint density at radius 1 is 1.12 bits per heavy atom. The standard InChI is InChI=1S/C21H20N2O2/c24-21(18-8-9-20-17(12-18)4-2-10-22-20)23-13-16-3-1-5-19(11-16)25-14-15-6-7-15/h1-5,8-12,15H,6-7,13-14H2,(H,23,24). The van der Waals surface area contributed by atoms with Crippen LogP contribution in [0.5, 0.6) is 5.75 Å². The Labute approximate surface area is 146 Å². The number of fused-ring (bicyclic) bond motifs is 1. The van der Waals surface area contributed by atoms with E-state index in [1.165, 1.54) is 12.8 Å². The first-order chi connectivity index (χ1) is 12.3. The van der Waals surface area contributed by atoms with Crippen LogP contribution in [0.1, 0.15) is 28.8 Å². The zero-order valence-electron chi connectivity index (χ0n) is 13.9. The highest BCUT2D eigenvalue weighted by Crippen LogP contribution is 2.29. The lowest BCUT2D eigenvalue weighted by atomic mass is 10.1. The van der Waals surface area contributed by atoms with Gasteiger partial charge >= 0.3 is 0 Å². The molecular weight excluding hydrogens is 312 g/mol. The molecule has 25 heavy (non-hydrogen) atoms. The normalized spacial score (nSPS) is 13.6. The summed E-state index contributed by atoms with van der Waals surface area (Å²) in [7, 11) is 0. The summed E-state index contributed by atoms with van der Waals surface area (Å²) in [5.74, 6) is 1.51. The first kappa shape index (κ1) is 15.6. The fourth-order valence-electron chi connectivity index (χ4n) is 2.75. The van der Waals surface area contributed by atoms with Crippen molar-refractivity contribution in [1.29, 1.82) is 0 Å². The number of hydrogen-bond acceptors (Lipinski definition) is 3. The lowest BCUT2D eigenvalue weighted by molar-refractivity contribution is 0.0951. The number of carbonyl (C=O) groups excluding carboxylic acids is 1. The number of hydrogen-bond donors (Lipinski definition) is 1. The molecule has 1 heterocycles. The second kappa shape index (κ2) is 6.93. The van der Waals surface area contributed by atoms with Crippen LogP contribution in [-0.2, 0) is 6.54 Å². The maximum Gasteiger partial charge on any atom is 0.251 e. The van der Waals surface area contributed by atoms with Crippen molar-refractivity contribution in [3.8, 4) is 5.75 Å². The fraction of sp³-hybridized carbons (Fsp3) is 0.238. The third-order valence-corrected chi connectivity index (χ3v) is 4.40. The van der Waals surface area contributed by atoms with Crippen molar-refractivity contribution in [3.63, 3.8) is 0 Å². The number of carbonyl (C=O) groups is 1. The van der Waals surface area contributed by atoms with Crippen molar-refractivity contribution in [2.24, 2.45) is 5.92 Å². The molecule has 0 aliphatic heterocycles. The topological polar surface area (TPSA) is 51.2 Å². The smallest absolute Gasteiger partial charge is 0.251 e. The minimum absolute atomic E-state index is 0.0879. The third kappa shape index (κ3) is 3.97. The quantitative estimate of drug-likeness (QED) is 0.743. The number of ether oxygens (including phenoxy) is 1. The molecule has 1 N–H and O–H groups in total. The first-order valence-corrected chi connectivity index (χ1v) is 8.63. The van der Waals surface area contributed by atoms with Crippen molar-refractivity contribution in [2.45, 2.75) is 19.4 Å². The van der Waals surface area contributed by atoms with E-state index in [1.807, 2.05) is 48.5 Å². The van der Waals surface area contributed by atoms with Gasteiger partial charge in [0.05, 0.1) is 12.1 Å². The van der Waals surface area contributed by atoms with Crippen molar-refractivity contribution >= 4 is 16.8 Å². The van der Waals surface area contributed by atoms with Crippen LogP contribution < -0.4 is 10.1 Å². The number of nitrogens with one attached hydrogen (secondary N) is 1. The van der Waals surface area contributed by atoms with Crippen LogP contribution in [0.2, 0.25) is 0 Å². The Balaban J connectivity index is 1.39. The summed E-state index contributed by atoms with van der Waals surface area (Å²) < 4.78 is 5.79. The molecule has 126 valence electrons. The minimum atomic E-state index is -0.0879. The third-order valence-electron chi connectivity index (χ3n) is 4.40. The molecule has 1 aliphatic rings. The summed E-state index contributed by atoms with van der Waals surface area (Å²) in [5.41, 5.74) is 2.56. The maximum atomic E-state index is 12.4. The Morgan fingerprint density at radius 3 is 2.92 bits per heavy atom. The zero-order valence-corrected chi connectivity index (χ0v) is 13.9. The molecule has 0 bridgehead atoms. The SMILES string of the molecule is O=C(NCc1cccc(OCC2CC2)c1)c1ccc2ncccc2c1. The van der Waals surface area contributed by atoms with Crippen LogP contribution in [-0.4, -0.2) is 17.5 Å². The van der Waals surface area contributed by atoms with Gasteiger partial charge < -0.3 is 10.1 Å². The van der Waals surface area contributed by atoms with Gasteiger partial charge in [0.15, 0.2) is 0 Å². The molecule has 4 heteroatoms. The van der Waals surface area contributed by atoms with E-state index in [2.05, 4.69) is 10.3 Å². The predicted octanol–water partition coefficient (Wildman–Crippen LogP) is 3.95. The van der Waals surface area contributed by atoms with Gasteiger partial charge in [-0.15, -0.1) is 0 Å². The van der Waals surface area contributed by atoms with E-state index in [-0.39, 0.29) is 5.91 Å². The summed E-state index contributed by atoms with van der Waals surface area (Å²) in [6.07, 6.45) is 4.30. The Morgan fingerprint density at radius 2 is 2.04 bits per heavy atom. The van der Waals surface area contributed by atoms with Gasteiger partial charge in [-0.1, -0.05) is 18.2 Å². The van der Waals surface area contributed by atoms with Crippen LogP contribution in [0.3, 0.4) is 0 Å². The molecular formula is C21H20N2O2. The summed E-state index contributed by atoms with van der Waals surface area (Å²) in [4.78, 5) is 16.7. The van der Waals surface area contributed by atoms with Gasteiger partial charge in [0.1, 0.15) is 5.75 Å². The zero-order chi connectivity index (χ0) is 17.1. The molecule has 1 saturated carbocycles. The number of nitrogens with zero attached hydrogens (tertiary/aromatic N) is 1. The minimum Gasteiger partial charge on any atom is -0.493 e. The second-order valence-electron chi connectivity index (χ2n) is 6.50. The van der Waals surface area contributed by atoms with E-state index in [9.17, 15) is 4.79 Å². The average Bonchev–Trinajstić information content (AvgIpc) is 3.49. The lowest BCUT2D eigenvalue weighted by Crippen LogP contribution is -2.22. The Bertz CT molecular complexity index is 903. The molecule has 3 aromatic rings. The van der Waals surface area contributed by atoms with Crippen molar-refractivity contribution in [3.05, 3.63) is 71.9 Å². The van der Waals surface area contributed by atoms with Crippen LogP contribution in [0, 0.1) is 5.92 Å². The van der Waals surface area contributed by atoms with Crippen LogP contribution >= 0.6 is 0 Å². The molecule has 1 aromatic heterocycles. The number of rotatable bonds is 6. The van der Waals surface area contributed by atoms with Gasteiger partial charge in [-0.2, -0.15) is 0 Å². The van der Waals surface area contributed by atoms with Crippen molar-refractivity contribution in [1.82, 2.24) is 10.3 Å². The van der Waals surface area contributed by atoms with E-state index in [0.717, 1.165) is 34.7 Å². The maximum absolute atomic E-state index is 12.4. The highest BCUT2D eigenvalue weighted by atomic mass is 16.5. The lowest BCUT2D eigenvalue weighted by Gasteiger charge is -2.09. The van der Waals surface area contributed by atoms with E-state index in [0.29, 0.717) is 12.1 Å². The number of benzene rings is 2. The summed E-state index contributed by atoms with van der Waals surface area (Å²) in [6.45, 7) is 1.27. The van der Waals surface area contributed by atoms with E-state index in [4.69, 9.17) is 4.74 Å².